The van der Waals surface area contributed by atoms with E-state index >= 15 is 0 Å². The van der Waals surface area contributed by atoms with Crippen LogP contribution in [-0.4, -0.2) is 39.6 Å². The van der Waals surface area contributed by atoms with Gasteiger partial charge in [-0.2, -0.15) is 0 Å². The molecule has 2 aliphatic heterocycles. The second kappa shape index (κ2) is 4.79. The molecule has 0 spiro atoms. The van der Waals surface area contributed by atoms with Crippen LogP contribution in [0, 0.1) is 0 Å². The lowest BCUT2D eigenvalue weighted by Gasteiger charge is -2.34. The maximum absolute atomic E-state index is 12.1. The van der Waals surface area contributed by atoms with Gasteiger partial charge in [0.15, 0.2) is 19.7 Å². The van der Waals surface area contributed by atoms with Crippen LogP contribution in [0.3, 0.4) is 0 Å². The molecule has 2 atom stereocenters. The largest absolute Gasteiger partial charge is 0.304 e. The third-order valence-electron chi connectivity index (χ3n) is 4.33. The van der Waals surface area contributed by atoms with Crippen LogP contribution in [0.4, 0.5) is 0 Å². The molecule has 5 nitrogen and oxygen atoms in total. The highest BCUT2D eigenvalue weighted by Gasteiger charge is 2.41. The molecule has 0 bridgehead atoms. The molecule has 1 aromatic rings. The number of benzene rings is 1. The molecule has 3 rings (SSSR count). The highest BCUT2D eigenvalue weighted by molar-refractivity contribution is 7.91. The number of fused-ring (bicyclic) bond motifs is 1. The lowest BCUT2D eigenvalue weighted by Crippen LogP contribution is -2.47. The number of sulfone groups is 2. The van der Waals surface area contributed by atoms with Crippen molar-refractivity contribution in [3.8, 4) is 0 Å². The molecule has 2 aliphatic rings. The summed E-state index contributed by atoms with van der Waals surface area (Å²) in [6.45, 7) is 1.91. The Morgan fingerprint density at radius 1 is 1.14 bits per heavy atom. The van der Waals surface area contributed by atoms with Crippen molar-refractivity contribution in [1.82, 2.24) is 5.32 Å². The van der Waals surface area contributed by atoms with Crippen LogP contribution >= 0.6 is 0 Å². The minimum absolute atomic E-state index is 0.102. The average molecular weight is 329 g/mol. The van der Waals surface area contributed by atoms with Crippen LogP contribution in [0.2, 0.25) is 0 Å². The van der Waals surface area contributed by atoms with Crippen molar-refractivity contribution in [3.05, 3.63) is 29.8 Å². The molecule has 0 aliphatic carbocycles. The predicted octanol–water partition coefficient (Wildman–Crippen LogP) is 1.07. The number of rotatable bonds is 2. The minimum atomic E-state index is -3.21. The molecule has 1 aromatic carbocycles. The van der Waals surface area contributed by atoms with Crippen LogP contribution in [0.5, 0.6) is 0 Å². The summed E-state index contributed by atoms with van der Waals surface area (Å²) in [5, 5.41) is 3.40. The fraction of sp³-hybridized carbons (Fsp3) is 0.571. The van der Waals surface area contributed by atoms with Crippen molar-refractivity contribution in [2.75, 3.05) is 17.3 Å². The Hall–Kier alpha value is -0.920. The summed E-state index contributed by atoms with van der Waals surface area (Å²) >= 11 is 0. The number of hydrogen-bond acceptors (Lipinski definition) is 5. The standard InChI is InChI=1S/C14H19NO4S2/c1-14(7-9-20(16,17)10-14)15-12-6-8-21(18,19)13-5-3-2-4-11(12)13/h2-5,12,15H,6-10H2,1H3. The molecular formula is C14H19NO4S2. The van der Waals surface area contributed by atoms with Gasteiger partial charge in [-0.3, -0.25) is 0 Å². The first-order valence-electron chi connectivity index (χ1n) is 7.01. The highest BCUT2D eigenvalue weighted by Crippen LogP contribution is 2.35. The molecule has 116 valence electrons. The van der Waals surface area contributed by atoms with Gasteiger partial charge in [0.2, 0.25) is 0 Å². The summed E-state index contributed by atoms with van der Waals surface area (Å²) in [6, 6.07) is 6.88. The third-order valence-corrected chi connectivity index (χ3v) is 8.05. The first-order valence-corrected chi connectivity index (χ1v) is 10.5. The highest BCUT2D eigenvalue weighted by atomic mass is 32.2. The molecule has 0 saturated carbocycles. The average Bonchev–Trinajstić information content (AvgIpc) is 2.68. The molecule has 2 heterocycles. The van der Waals surface area contributed by atoms with E-state index in [0.717, 1.165) is 5.56 Å². The molecule has 1 fully saturated rings. The smallest absolute Gasteiger partial charge is 0.178 e. The van der Waals surface area contributed by atoms with Gasteiger partial charge in [0.1, 0.15) is 0 Å². The second-order valence-electron chi connectivity index (χ2n) is 6.24. The van der Waals surface area contributed by atoms with Crippen molar-refractivity contribution < 1.29 is 16.8 Å². The molecule has 0 radical (unpaired) electrons. The molecular weight excluding hydrogens is 310 g/mol. The van der Waals surface area contributed by atoms with Gasteiger partial charge in [-0.15, -0.1) is 0 Å². The van der Waals surface area contributed by atoms with E-state index in [2.05, 4.69) is 5.32 Å². The summed E-state index contributed by atoms with van der Waals surface area (Å²) < 4.78 is 47.6. The SMILES string of the molecule is CC1(NC2CCS(=O)(=O)c3ccccc32)CCS(=O)(=O)C1. The van der Waals surface area contributed by atoms with Crippen LogP contribution in [0.15, 0.2) is 29.2 Å². The molecule has 0 amide bonds. The molecule has 0 aromatic heterocycles. The Labute approximate surface area is 125 Å². The van der Waals surface area contributed by atoms with Crippen LogP contribution in [-0.2, 0) is 19.7 Å². The summed E-state index contributed by atoms with van der Waals surface area (Å²) in [7, 11) is -6.20. The Bertz CT molecular complexity index is 770. The van der Waals surface area contributed by atoms with Gasteiger partial charge < -0.3 is 5.32 Å². The minimum Gasteiger partial charge on any atom is -0.304 e. The van der Waals surface area contributed by atoms with Gasteiger partial charge in [-0.1, -0.05) is 18.2 Å². The third kappa shape index (κ3) is 2.86. The zero-order valence-electron chi connectivity index (χ0n) is 11.9. The maximum Gasteiger partial charge on any atom is 0.178 e. The normalized spacial score (nSPS) is 33.5. The van der Waals surface area contributed by atoms with E-state index in [9.17, 15) is 16.8 Å². The molecule has 7 heteroatoms. The van der Waals surface area contributed by atoms with Crippen molar-refractivity contribution in [2.24, 2.45) is 0 Å². The monoisotopic (exact) mass is 329 g/mol. The van der Waals surface area contributed by atoms with E-state index in [1.165, 1.54) is 0 Å². The Morgan fingerprint density at radius 3 is 2.52 bits per heavy atom. The van der Waals surface area contributed by atoms with E-state index in [-0.39, 0.29) is 23.3 Å². The Kier molecular flexibility index (Phi) is 3.42. The van der Waals surface area contributed by atoms with Crippen molar-refractivity contribution in [3.63, 3.8) is 0 Å². The fourth-order valence-electron chi connectivity index (χ4n) is 3.28. The van der Waals surface area contributed by atoms with E-state index in [1.54, 1.807) is 12.1 Å². The first-order chi connectivity index (χ1) is 9.71. The molecule has 21 heavy (non-hydrogen) atoms. The van der Waals surface area contributed by atoms with E-state index in [4.69, 9.17) is 0 Å². The van der Waals surface area contributed by atoms with Crippen molar-refractivity contribution in [2.45, 2.75) is 36.2 Å². The molecule has 1 saturated heterocycles. The Balaban J connectivity index is 1.92. The summed E-state index contributed by atoms with van der Waals surface area (Å²) in [5.74, 6) is 0.416. The van der Waals surface area contributed by atoms with E-state index in [0.29, 0.717) is 17.7 Å². The van der Waals surface area contributed by atoms with E-state index in [1.807, 2.05) is 19.1 Å². The predicted molar refractivity (Wildman–Crippen MR) is 80.7 cm³/mol. The van der Waals surface area contributed by atoms with Crippen LogP contribution < -0.4 is 5.32 Å². The van der Waals surface area contributed by atoms with Crippen LogP contribution in [0.25, 0.3) is 0 Å². The molecule has 2 unspecified atom stereocenters. The second-order valence-corrected chi connectivity index (χ2v) is 10.5. The van der Waals surface area contributed by atoms with Gasteiger partial charge in [0, 0.05) is 11.6 Å². The topological polar surface area (TPSA) is 80.3 Å². The Morgan fingerprint density at radius 2 is 1.86 bits per heavy atom. The maximum atomic E-state index is 12.1. The number of nitrogens with one attached hydrogen (secondary N) is 1. The van der Waals surface area contributed by atoms with Gasteiger partial charge in [0.05, 0.1) is 22.2 Å². The number of hydrogen-bond donors (Lipinski definition) is 1. The van der Waals surface area contributed by atoms with Gasteiger partial charge in [-0.05, 0) is 31.4 Å². The lowest BCUT2D eigenvalue weighted by atomic mass is 9.96. The van der Waals surface area contributed by atoms with Crippen molar-refractivity contribution in [1.29, 1.82) is 0 Å². The summed E-state index contributed by atoms with van der Waals surface area (Å²) in [4.78, 5) is 0.373. The van der Waals surface area contributed by atoms with Gasteiger partial charge >= 0.3 is 0 Å². The first kappa shape index (κ1) is 15.0. The summed E-state index contributed by atoms with van der Waals surface area (Å²) in [5.41, 5.74) is 0.284. The lowest BCUT2D eigenvalue weighted by molar-refractivity contribution is 0.331. The fourth-order valence-corrected chi connectivity index (χ4v) is 7.01. The van der Waals surface area contributed by atoms with Gasteiger partial charge in [-0.25, -0.2) is 16.8 Å². The van der Waals surface area contributed by atoms with Crippen molar-refractivity contribution >= 4 is 19.7 Å². The quantitative estimate of drug-likeness (QED) is 0.878. The summed E-state index contributed by atoms with van der Waals surface area (Å²) in [6.07, 6.45) is 1.05. The van der Waals surface area contributed by atoms with Gasteiger partial charge in [0.25, 0.3) is 0 Å². The van der Waals surface area contributed by atoms with E-state index < -0.39 is 25.2 Å². The molecule has 1 N–H and O–H groups in total. The van der Waals surface area contributed by atoms with Crippen LogP contribution in [0.1, 0.15) is 31.4 Å². The zero-order valence-corrected chi connectivity index (χ0v) is 13.5. The zero-order chi connectivity index (χ0) is 15.3.